The second-order valence-corrected chi connectivity index (χ2v) is 21.1. The van der Waals surface area contributed by atoms with E-state index in [9.17, 15) is 5.11 Å². The average Bonchev–Trinajstić information content (AvgIpc) is 2.38. The zero-order chi connectivity index (χ0) is 15.5. The minimum atomic E-state index is -1.99. The first-order valence-electron chi connectivity index (χ1n) is 8.79. The average molecular weight is 389 g/mol. The van der Waals surface area contributed by atoms with Crippen LogP contribution in [0.5, 0.6) is 0 Å². The molecular weight excluding hydrogens is 351 g/mol. The minimum absolute atomic E-state index is 0.641. The van der Waals surface area contributed by atoms with Crippen molar-refractivity contribution in [2.75, 3.05) is 0 Å². The van der Waals surface area contributed by atoms with Crippen LogP contribution in [-0.4, -0.2) is 29.1 Å². The Morgan fingerprint density at radius 2 is 1.25 bits per heavy atom. The van der Waals surface area contributed by atoms with Gasteiger partial charge in [0, 0.05) is 0 Å². The predicted octanol–water partition coefficient (Wildman–Crippen LogP) is 6.16. The summed E-state index contributed by atoms with van der Waals surface area (Å²) in [4.78, 5) is 0. The van der Waals surface area contributed by atoms with Gasteiger partial charge in [-0.15, -0.1) is 0 Å². The van der Waals surface area contributed by atoms with Crippen molar-refractivity contribution < 1.29 is 5.11 Å². The fourth-order valence-electron chi connectivity index (χ4n) is 2.93. The van der Waals surface area contributed by atoms with Crippen LogP contribution in [0.2, 0.25) is 17.7 Å². The summed E-state index contributed by atoms with van der Waals surface area (Å²) in [6.07, 6.45) is 12.7. The van der Waals surface area contributed by atoms with Crippen molar-refractivity contribution >= 4 is 18.4 Å². The van der Waals surface area contributed by atoms with E-state index >= 15 is 0 Å². The maximum absolute atomic E-state index is 9.88. The fraction of sp³-hybridized carbons (Fsp3) is 0.889. The van der Waals surface area contributed by atoms with Gasteiger partial charge in [-0.05, 0) is 0 Å². The molecule has 1 N–H and O–H groups in total. The third-order valence-electron chi connectivity index (χ3n) is 4.26. The van der Waals surface area contributed by atoms with Gasteiger partial charge in [0.15, 0.2) is 0 Å². The summed E-state index contributed by atoms with van der Waals surface area (Å²) in [5.41, 5.74) is -0.641. The van der Waals surface area contributed by atoms with Crippen LogP contribution in [0.25, 0.3) is 0 Å². The molecule has 0 aromatic rings. The molecule has 20 heavy (non-hydrogen) atoms. The Morgan fingerprint density at radius 1 is 0.850 bits per heavy atom. The van der Waals surface area contributed by atoms with Crippen LogP contribution in [0.1, 0.15) is 73.1 Å². The summed E-state index contributed by atoms with van der Waals surface area (Å²) in [5, 5.41) is 9.88. The standard InChI is InChI=1S/C6H11O.3C4H9.Sn/c1-4-5-6(2,3)7;3*1-3-4-2;/h4-5,7H,1H2,2-3H3;3*1,3-4H2,2H3;/b5-4+;;;;. The molecule has 120 valence electrons. The van der Waals surface area contributed by atoms with Crippen molar-refractivity contribution in [3.8, 4) is 0 Å². The van der Waals surface area contributed by atoms with E-state index in [1.165, 1.54) is 43.0 Å². The van der Waals surface area contributed by atoms with Crippen LogP contribution < -0.4 is 0 Å². The van der Waals surface area contributed by atoms with Gasteiger partial charge in [0.05, 0.1) is 0 Å². The van der Waals surface area contributed by atoms with Crippen LogP contribution in [0.15, 0.2) is 12.2 Å². The molecule has 2 heteroatoms. The molecule has 0 radical (unpaired) electrons. The molecule has 0 aromatic heterocycles. The molecule has 0 fully saturated rings. The van der Waals surface area contributed by atoms with Crippen LogP contribution in [0, 0.1) is 0 Å². The molecule has 0 aliphatic heterocycles. The van der Waals surface area contributed by atoms with Crippen molar-refractivity contribution in [1.29, 1.82) is 0 Å². The maximum atomic E-state index is 9.88. The number of unbranched alkanes of at least 4 members (excludes halogenated alkanes) is 3. The molecule has 0 saturated carbocycles. The molecule has 0 spiro atoms. The Bertz CT molecular complexity index is 231. The molecule has 0 aliphatic carbocycles. The van der Waals surface area contributed by atoms with E-state index in [4.69, 9.17) is 0 Å². The third-order valence-corrected chi connectivity index (χ3v) is 19.5. The van der Waals surface area contributed by atoms with E-state index in [-0.39, 0.29) is 0 Å². The van der Waals surface area contributed by atoms with Gasteiger partial charge in [0.2, 0.25) is 0 Å². The van der Waals surface area contributed by atoms with Gasteiger partial charge >= 0.3 is 132 Å². The van der Waals surface area contributed by atoms with Gasteiger partial charge in [-0.25, -0.2) is 0 Å². The Kier molecular flexibility index (Phi) is 11.4. The first-order chi connectivity index (χ1) is 9.39. The zero-order valence-corrected chi connectivity index (χ0v) is 17.5. The summed E-state index contributed by atoms with van der Waals surface area (Å²) in [7, 11) is 0. The van der Waals surface area contributed by atoms with Crippen molar-refractivity contribution in [2.45, 2.75) is 96.5 Å². The van der Waals surface area contributed by atoms with Crippen LogP contribution in [0.3, 0.4) is 0 Å². The first kappa shape index (κ1) is 20.5. The number of hydrogen-bond acceptors (Lipinski definition) is 1. The summed E-state index contributed by atoms with van der Waals surface area (Å²) in [5.74, 6) is 0. The van der Waals surface area contributed by atoms with E-state index in [1.54, 1.807) is 13.3 Å². The zero-order valence-electron chi connectivity index (χ0n) is 14.7. The summed E-state index contributed by atoms with van der Waals surface area (Å²) < 4.78 is 6.02. The van der Waals surface area contributed by atoms with Gasteiger partial charge in [-0.1, -0.05) is 0 Å². The Hall–Kier alpha value is 0.499. The van der Waals surface area contributed by atoms with Gasteiger partial charge in [-0.3, -0.25) is 0 Å². The van der Waals surface area contributed by atoms with Crippen LogP contribution in [-0.2, 0) is 0 Å². The molecule has 0 bridgehead atoms. The van der Waals surface area contributed by atoms with Crippen molar-refractivity contribution in [3.63, 3.8) is 0 Å². The van der Waals surface area contributed by atoms with E-state index in [1.807, 2.05) is 19.9 Å². The van der Waals surface area contributed by atoms with Gasteiger partial charge in [0.25, 0.3) is 0 Å². The van der Waals surface area contributed by atoms with E-state index in [2.05, 4.69) is 26.8 Å². The third kappa shape index (κ3) is 10.3. The normalized spacial score (nSPS) is 13.3. The second-order valence-electron chi connectivity index (χ2n) is 7.07. The molecule has 0 aliphatic rings. The Balaban J connectivity index is 4.78. The van der Waals surface area contributed by atoms with Crippen molar-refractivity contribution in [2.24, 2.45) is 0 Å². The van der Waals surface area contributed by atoms with E-state index in [0.29, 0.717) is 0 Å². The summed E-state index contributed by atoms with van der Waals surface area (Å²) in [6, 6.07) is 0. The Labute approximate surface area is 132 Å². The molecule has 1 nitrogen and oxygen atoms in total. The molecule has 0 unspecified atom stereocenters. The number of hydrogen-bond donors (Lipinski definition) is 1. The van der Waals surface area contributed by atoms with Gasteiger partial charge in [-0.2, -0.15) is 0 Å². The van der Waals surface area contributed by atoms with Gasteiger partial charge in [0.1, 0.15) is 0 Å². The number of rotatable bonds is 12. The van der Waals surface area contributed by atoms with Crippen molar-refractivity contribution in [1.82, 2.24) is 0 Å². The quantitative estimate of drug-likeness (QED) is 0.313. The van der Waals surface area contributed by atoms with E-state index in [0.717, 1.165) is 0 Å². The number of aliphatic hydroxyl groups is 1. The Morgan fingerprint density at radius 3 is 1.55 bits per heavy atom. The molecule has 0 heterocycles. The van der Waals surface area contributed by atoms with E-state index < -0.39 is 24.0 Å². The molecule has 0 amide bonds. The molecular formula is C18H38OSn. The summed E-state index contributed by atoms with van der Waals surface area (Å²) >= 11 is -1.99. The predicted molar refractivity (Wildman–Crippen MR) is 95.1 cm³/mol. The fourth-order valence-corrected chi connectivity index (χ4v) is 18.0. The van der Waals surface area contributed by atoms with Crippen LogP contribution in [0.4, 0.5) is 0 Å². The molecule has 0 atom stereocenters. The number of allylic oxidation sites excluding steroid dienone is 1. The first-order valence-corrected chi connectivity index (χ1v) is 16.9. The molecule has 0 rings (SSSR count). The van der Waals surface area contributed by atoms with Crippen molar-refractivity contribution in [3.05, 3.63) is 12.2 Å². The van der Waals surface area contributed by atoms with Crippen LogP contribution >= 0.6 is 0 Å². The van der Waals surface area contributed by atoms with Gasteiger partial charge < -0.3 is 0 Å². The molecule has 0 saturated heterocycles. The topological polar surface area (TPSA) is 20.2 Å². The summed E-state index contributed by atoms with van der Waals surface area (Å²) in [6.45, 7) is 10.7. The SMILES string of the molecule is CCC[CH2][Sn]([CH2]/C=C/C(C)(C)O)([CH2]CCC)[CH2]CCC. The molecule has 0 aromatic carbocycles. The second kappa shape index (κ2) is 11.1. The monoisotopic (exact) mass is 390 g/mol.